The molecule has 0 saturated carbocycles. The first-order chi connectivity index (χ1) is 14.3. The quantitative estimate of drug-likeness (QED) is 0.436. The van der Waals surface area contributed by atoms with Crippen LogP contribution in [0.25, 0.3) is 0 Å². The van der Waals surface area contributed by atoms with Crippen LogP contribution in [0.1, 0.15) is 22.3 Å². The van der Waals surface area contributed by atoms with Crippen LogP contribution in [0.3, 0.4) is 0 Å². The Morgan fingerprint density at radius 3 is 2.47 bits per heavy atom. The van der Waals surface area contributed by atoms with Crippen LogP contribution in [0.15, 0.2) is 54.6 Å². The number of aryl methyl sites for hydroxylation is 2. The highest BCUT2D eigenvalue weighted by Gasteiger charge is 2.09. The Morgan fingerprint density at radius 2 is 1.73 bits per heavy atom. The minimum absolute atomic E-state index is 0.119. The fraction of sp³-hybridized carbons (Fsp3) is 0.208. The van der Waals surface area contributed by atoms with Gasteiger partial charge in [0.05, 0.1) is 5.02 Å². The molecule has 0 aliphatic carbocycles. The molecule has 0 heterocycles. The summed E-state index contributed by atoms with van der Waals surface area (Å²) in [6, 6.07) is 17.1. The van der Waals surface area contributed by atoms with E-state index in [0.29, 0.717) is 17.3 Å². The maximum Gasteiger partial charge on any atom is 0.262 e. The maximum absolute atomic E-state index is 12.2. The maximum atomic E-state index is 12.2. The highest BCUT2D eigenvalue weighted by molar-refractivity contribution is 6.32. The summed E-state index contributed by atoms with van der Waals surface area (Å²) in [6.45, 7) is 6.41. The van der Waals surface area contributed by atoms with Gasteiger partial charge in [-0.3, -0.25) is 4.79 Å². The van der Waals surface area contributed by atoms with Gasteiger partial charge in [0, 0.05) is 22.9 Å². The van der Waals surface area contributed by atoms with Crippen molar-refractivity contribution in [3.63, 3.8) is 0 Å². The zero-order valence-electron chi connectivity index (χ0n) is 17.2. The van der Waals surface area contributed by atoms with Crippen LogP contribution in [0.4, 0.5) is 11.4 Å². The van der Waals surface area contributed by atoms with Crippen LogP contribution in [0.5, 0.6) is 5.75 Å². The molecule has 0 aliphatic heterocycles. The van der Waals surface area contributed by atoms with E-state index in [1.54, 1.807) is 6.07 Å². The van der Waals surface area contributed by atoms with E-state index in [2.05, 4.69) is 10.6 Å². The van der Waals surface area contributed by atoms with Crippen molar-refractivity contribution in [2.45, 2.75) is 27.3 Å². The summed E-state index contributed by atoms with van der Waals surface area (Å²) in [5.74, 6) is 0.232. The summed E-state index contributed by atoms with van der Waals surface area (Å²) >= 11 is 12.5. The van der Waals surface area contributed by atoms with E-state index in [0.717, 1.165) is 38.7 Å². The number of benzene rings is 3. The lowest BCUT2D eigenvalue weighted by Crippen LogP contribution is -2.20. The molecule has 3 aromatic rings. The molecule has 156 valence electrons. The summed E-state index contributed by atoms with van der Waals surface area (Å²) in [5.41, 5.74) is 5.90. The first kappa shape index (κ1) is 22.0. The number of hydrogen-bond acceptors (Lipinski definition) is 3. The number of hydrogen-bond donors (Lipinski definition) is 2. The summed E-state index contributed by atoms with van der Waals surface area (Å²) in [6.07, 6.45) is 0. The van der Waals surface area contributed by atoms with Crippen molar-refractivity contribution in [3.05, 3.63) is 86.9 Å². The monoisotopic (exact) mass is 442 g/mol. The number of amides is 1. The van der Waals surface area contributed by atoms with Gasteiger partial charge in [0.1, 0.15) is 5.75 Å². The van der Waals surface area contributed by atoms with Crippen LogP contribution in [0.2, 0.25) is 10.0 Å². The lowest BCUT2D eigenvalue weighted by molar-refractivity contribution is -0.118. The molecule has 6 heteroatoms. The fourth-order valence-corrected chi connectivity index (χ4v) is 3.48. The van der Waals surface area contributed by atoms with E-state index in [-0.39, 0.29) is 12.5 Å². The zero-order chi connectivity index (χ0) is 21.7. The first-order valence-electron chi connectivity index (χ1n) is 9.61. The second-order valence-corrected chi connectivity index (χ2v) is 8.00. The largest absolute Gasteiger partial charge is 0.482 e. The van der Waals surface area contributed by atoms with Crippen molar-refractivity contribution >= 4 is 40.5 Å². The zero-order valence-corrected chi connectivity index (χ0v) is 18.7. The Hall–Kier alpha value is -2.69. The molecule has 0 atom stereocenters. The van der Waals surface area contributed by atoms with Crippen molar-refractivity contribution in [3.8, 4) is 5.75 Å². The van der Waals surface area contributed by atoms with Crippen LogP contribution in [-0.2, 0) is 11.3 Å². The van der Waals surface area contributed by atoms with Gasteiger partial charge >= 0.3 is 0 Å². The Balaban J connectivity index is 1.56. The Kier molecular flexibility index (Phi) is 7.24. The van der Waals surface area contributed by atoms with Crippen molar-refractivity contribution in [2.75, 3.05) is 17.2 Å². The Bertz CT molecular complexity index is 1070. The van der Waals surface area contributed by atoms with Crippen LogP contribution in [-0.4, -0.2) is 12.5 Å². The number of nitrogens with one attached hydrogen (secondary N) is 2. The van der Waals surface area contributed by atoms with Crippen molar-refractivity contribution in [2.24, 2.45) is 0 Å². The number of carbonyl (C=O) groups is 1. The van der Waals surface area contributed by atoms with Gasteiger partial charge in [-0.1, -0.05) is 53.0 Å². The summed E-state index contributed by atoms with van der Waals surface area (Å²) < 4.78 is 5.61. The van der Waals surface area contributed by atoms with E-state index in [4.69, 9.17) is 27.9 Å². The molecule has 0 fully saturated rings. The third-order valence-electron chi connectivity index (χ3n) is 4.76. The Labute approximate surface area is 187 Å². The average Bonchev–Trinajstić information content (AvgIpc) is 2.70. The molecule has 0 unspecified atom stereocenters. The van der Waals surface area contributed by atoms with Gasteiger partial charge < -0.3 is 15.4 Å². The molecule has 0 saturated heterocycles. The molecular weight excluding hydrogens is 419 g/mol. The number of anilines is 2. The summed E-state index contributed by atoms with van der Waals surface area (Å²) in [7, 11) is 0. The molecule has 2 N–H and O–H groups in total. The van der Waals surface area contributed by atoms with Gasteiger partial charge in [-0.25, -0.2) is 0 Å². The van der Waals surface area contributed by atoms with Gasteiger partial charge in [-0.2, -0.15) is 0 Å². The van der Waals surface area contributed by atoms with Crippen LogP contribution < -0.4 is 15.4 Å². The molecule has 3 aromatic carbocycles. The number of ether oxygens (including phenoxy) is 1. The van der Waals surface area contributed by atoms with Gasteiger partial charge in [0.2, 0.25) is 0 Å². The minimum Gasteiger partial charge on any atom is -0.482 e. The van der Waals surface area contributed by atoms with E-state index in [9.17, 15) is 4.79 Å². The van der Waals surface area contributed by atoms with E-state index < -0.39 is 0 Å². The lowest BCUT2D eigenvalue weighted by atomic mass is 10.1. The minimum atomic E-state index is -0.236. The topological polar surface area (TPSA) is 50.4 Å². The predicted octanol–water partition coefficient (Wildman–Crippen LogP) is 6.55. The molecule has 0 bridgehead atoms. The highest BCUT2D eigenvalue weighted by atomic mass is 35.5. The number of carbonyl (C=O) groups excluding carboxylic acids is 1. The van der Waals surface area contributed by atoms with E-state index >= 15 is 0 Å². The molecule has 0 spiro atoms. The van der Waals surface area contributed by atoms with Gasteiger partial charge in [0.15, 0.2) is 6.61 Å². The van der Waals surface area contributed by atoms with Crippen molar-refractivity contribution in [1.82, 2.24) is 0 Å². The third-order valence-corrected chi connectivity index (χ3v) is 5.47. The molecule has 3 rings (SSSR count). The molecule has 4 nitrogen and oxygen atoms in total. The summed E-state index contributed by atoms with van der Waals surface area (Å²) in [4.78, 5) is 12.2. The standard InChI is InChI=1S/C24H24Cl2N2O2/c1-15-7-9-21(16(2)11-15)28-24(29)14-30-23-10-8-18(12-20(23)26)13-27-22-6-4-5-19(25)17(22)3/h4-12,27H,13-14H2,1-3H3,(H,28,29). The Morgan fingerprint density at radius 1 is 0.933 bits per heavy atom. The number of halogens is 2. The number of rotatable bonds is 7. The molecule has 0 radical (unpaired) electrons. The highest BCUT2D eigenvalue weighted by Crippen LogP contribution is 2.27. The average molecular weight is 443 g/mol. The fourth-order valence-electron chi connectivity index (χ4n) is 3.05. The third kappa shape index (κ3) is 5.68. The van der Waals surface area contributed by atoms with E-state index in [1.807, 2.05) is 69.3 Å². The lowest BCUT2D eigenvalue weighted by Gasteiger charge is -2.13. The molecule has 0 aromatic heterocycles. The molecular formula is C24H24Cl2N2O2. The smallest absolute Gasteiger partial charge is 0.262 e. The van der Waals surface area contributed by atoms with Crippen LogP contribution >= 0.6 is 23.2 Å². The van der Waals surface area contributed by atoms with Gasteiger partial charge in [0.25, 0.3) is 5.91 Å². The predicted molar refractivity (Wildman–Crippen MR) is 125 cm³/mol. The van der Waals surface area contributed by atoms with Crippen LogP contribution in [0, 0.1) is 20.8 Å². The second-order valence-electron chi connectivity index (χ2n) is 7.19. The molecule has 0 aliphatic rings. The molecule has 30 heavy (non-hydrogen) atoms. The van der Waals surface area contributed by atoms with Crippen molar-refractivity contribution in [1.29, 1.82) is 0 Å². The first-order valence-corrected chi connectivity index (χ1v) is 10.4. The summed E-state index contributed by atoms with van der Waals surface area (Å²) in [5, 5.41) is 7.39. The van der Waals surface area contributed by atoms with Gasteiger partial charge in [-0.15, -0.1) is 0 Å². The second kappa shape index (κ2) is 9.88. The van der Waals surface area contributed by atoms with Gasteiger partial charge in [-0.05, 0) is 67.8 Å². The van der Waals surface area contributed by atoms with E-state index in [1.165, 1.54) is 0 Å². The normalized spacial score (nSPS) is 10.6. The molecule has 1 amide bonds. The van der Waals surface area contributed by atoms with Crippen molar-refractivity contribution < 1.29 is 9.53 Å². The SMILES string of the molecule is Cc1ccc(NC(=O)COc2ccc(CNc3cccc(Cl)c3C)cc2Cl)c(C)c1.